The van der Waals surface area contributed by atoms with Gasteiger partial charge >= 0.3 is 0 Å². The molecule has 0 spiro atoms. The van der Waals surface area contributed by atoms with Gasteiger partial charge in [0.2, 0.25) is 0 Å². The van der Waals surface area contributed by atoms with Gasteiger partial charge in [0.25, 0.3) is 0 Å². The van der Waals surface area contributed by atoms with E-state index in [0.29, 0.717) is 6.61 Å². The van der Waals surface area contributed by atoms with E-state index in [1.807, 2.05) is 13.8 Å². The molecule has 0 aromatic carbocycles. The van der Waals surface area contributed by atoms with E-state index in [0.717, 1.165) is 31.6 Å². The van der Waals surface area contributed by atoms with Crippen LogP contribution in [0.15, 0.2) is 0 Å². The fourth-order valence-corrected chi connectivity index (χ4v) is 1.11. The fraction of sp³-hybridized carbons (Fsp3) is 1.00. The molecule has 0 aliphatic rings. The van der Waals surface area contributed by atoms with Crippen molar-refractivity contribution in [3.8, 4) is 0 Å². The van der Waals surface area contributed by atoms with Crippen LogP contribution in [-0.2, 0) is 0 Å². The van der Waals surface area contributed by atoms with Gasteiger partial charge in [0.1, 0.15) is 0 Å². The van der Waals surface area contributed by atoms with Gasteiger partial charge in [-0.2, -0.15) is 0 Å². The summed E-state index contributed by atoms with van der Waals surface area (Å²) >= 11 is 0. The summed E-state index contributed by atoms with van der Waals surface area (Å²) in [7, 11) is 0. The number of aliphatic hydroxyl groups is 2. The van der Waals surface area contributed by atoms with Crippen molar-refractivity contribution in [2.45, 2.75) is 65.9 Å². The van der Waals surface area contributed by atoms with Crippen molar-refractivity contribution in [2.24, 2.45) is 5.92 Å². The highest BCUT2D eigenvalue weighted by Gasteiger charge is 2.08. The van der Waals surface area contributed by atoms with Crippen LogP contribution in [-0.4, -0.2) is 22.4 Å². The Morgan fingerprint density at radius 1 is 1.21 bits per heavy atom. The highest BCUT2D eigenvalue weighted by atomic mass is 16.3. The lowest BCUT2D eigenvalue weighted by molar-refractivity contribution is 0.0703. The molecule has 0 fully saturated rings. The minimum absolute atomic E-state index is 0.345. The molecular weight excluding hydrogens is 176 g/mol. The van der Waals surface area contributed by atoms with Crippen molar-refractivity contribution in [2.75, 3.05) is 6.61 Å². The fourth-order valence-electron chi connectivity index (χ4n) is 1.11. The van der Waals surface area contributed by atoms with Crippen LogP contribution in [0, 0.1) is 5.92 Å². The van der Waals surface area contributed by atoms with Crippen molar-refractivity contribution < 1.29 is 10.2 Å². The maximum Gasteiger partial charge on any atom is 0.0591 e. The molecule has 88 valence electrons. The van der Waals surface area contributed by atoms with Gasteiger partial charge in [0, 0.05) is 6.61 Å². The van der Waals surface area contributed by atoms with Crippen LogP contribution >= 0.6 is 0 Å². The summed E-state index contributed by atoms with van der Waals surface area (Å²) < 4.78 is 0. The Kier molecular flexibility index (Phi) is 11.1. The Bertz CT molecular complexity index is 103. The Hall–Kier alpha value is -0.0800. The Labute approximate surface area is 89.3 Å². The van der Waals surface area contributed by atoms with Crippen LogP contribution in [0.3, 0.4) is 0 Å². The van der Waals surface area contributed by atoms with E-state index in [4.69, 9.17) is 10.2 Å². The normalized spacial score (nSPS) is 11.1. The van der Waals surface area contributed by atoms with Gasteiger partial charge in [-0.25, -0.2) is 0 Å². The summed E-state index contributed by atoms with van der Waals surface area (Å²) in [5, 5.41) is 17.3. The molecule has 0 bridgehead atoms. The lowest BCUT2D eigenvalue weighted by Crippen LogP contribution is -2.16. The van der Waals surface area contributed by atoms with Gasteiger partial charge in [-0.05, 0) is 39.0 Å². The van der Waals surface area contributed by atoms with E-state index >= 15 is 0 Å². The molecule has 2 heteroatoms. The molecular formula is C12H28O2. The predicted octanol–water partition coefficient (Wildman–Crippen LogP) is 2.97. The zero-order chi connectivity index (χ0) is 11.6. The lowest BCUT2D eigenvalue weighted by atomic mass is 10.0. The van der Waals surface area contributed by atoms with Crippen molar-refractivity contribution >= 4 is 0 Å². The van der Waals surface area contributed by atoms with Crippen LogP contribution in [0.25, 0.3) is 0 Å². The summed E-state index contributed by atoms with van der Waals surface area (Å²) in [6.07, 6.45) is 4.06. The molecule has 0 aromatic rings. The standard InChI is InChI=1S/2C6H14O/c1-6(2)4-3-5-7;1-4-5-6(2,3)7/h6-7H,3-5H2,1-2H3;7H,4-5H2,1-3H3. The number of rotatable bonds is 5. The molecule has 2 N–H and O–H groups in total. The largest absolute Gasteiger partial charge is 0.396 e. The monoisotopic (exact) mass is 204 g/mol. The zero-order valence-corrected chi connectivity index (χ0v) is 10.5. The van der Waals surface area contributed by atoms with Crippen LogP contribution in [0.2, 0.25) is 0 Å². The molecule has 0 rings (SSSR count). The minimum atomic E-state index is -0.450. The van der Waals surface area contributed by atoms with E-state index < -0.39 is 5.60 Å². The highest BCUT2D eigenvalue weighted by Crippen LogP contribution is 2.08. The molecule has 2 nitrogen and oxygen atoms in total. The molecule has 0 unspecified atom stereocenters. The molecule has 0 atom stereocenters. The second-order valence-electron chi connectivity index (χ2n) is 4.82. The van der Waals surface area contributed by atoms with E-state index in [9.17, 15) is 0 Å². The predicted molar refractivity (Wildman–Crippen MR) is 62.4 cm³/mol. The van der Waals surface area contributed by atoms with Crippen LogP contribution in [0.1, 0.15) is 60.3 Å². The summed E-state index contributed by atoms with van der Waals surface area (Å²) in [6.45, 7) is 10.4. The van der Waals surface area contributed by atoms with Crippen LogP contribution in [0.5, 0.6) is 0 Å². The number of hydrogen-bond acceptors (Lipinski definition) is 2. The van der Waals surface area contributed by atoms with E-state index in [1.54, 1.807) is 0 Å². The quantitative estimate of drug-likeness (QED) is 0.723. The van der Waals surface area contributed by atoms with Gasteiger partial charge in [-0.1, -0.05) is 27.2 Å². The van der Waals surface area contributed by atoms with Crippen molar-refractivity contribution in [3.05, 3.63) is 0 Å². The maximum atomic E-state index is 9.02. The van der Waals surface area contributed by atoms with Crippen LogP contribution in [0.4, 0.5) is 0 Å². The van der Waals surface area contributed by atoms with Crippen molar-refractivity contribution in [1.29, 1.82) is 0 Å². The molecule has 0 aromatic heterocycles. The van der Waals surface area contributed by atoms with E-state index in [2.05, 4.69) is 20.8 Å². The van der Waals surface area contributed by atoms with Gasteiger partial charge in [-0.15, -0.1) is 0 Å². The molecule has 0 aliphatic heterocycles. The third-order valence-electron chi connectivity index (χ3n) is 1.80. The third kappa shape index (κ3) is 22.7. The first-order chi connectivity index (χ1) is 6.33. The molecule has 0 radical (unpaired) electrons. The number of hydrogen-bond donors (Lipinski definition) is 2. The summed E-state index contributed by atoms with van der Waals surface area (Å²) in [5.41, 5.74) is -0.450. The SMILES string of the molecule is CC(C)CCCO.CCCC(C)(C)O. The first kappa shape index (κ1) is 16.4. The smallest absolute Gasteiger partial charge is 0.0591 e. The summed E-state index contributed by atoms with van der Waals surface area (Å²) in [6, 6.07) is 0. The lowest BCUT2D eigenvalue weighted by Gasteiger charge is -2.14. The average molecular weight is 204 g/mol. The molecule has 14 heavy (non-hydrogen) atoms. The second kappa shape index (κ2) is 9.47. The second-order valence-corrected chi connectivity index (χ2v) is 4.82. The third-order valence-corrected chi connectivity index (χ3v) is 1.80. The molecule has 0 amide bonds. The highest BCUT2D eigenvalue weighted by molar-refractivity contribution is 4.61. The molecule has 0 saturated heterocycles. The van der Waals surface area contributed by atoms with Crippen molar-refractivity contribution in [1.82, 2.24) is 0 Å². The van der Waals surface area contributed by atoms with Gasteiger partial charge < -0.3 is 10.2 Å². The van der Waals surface area contributed by atoms with Gasteiger partial charge in [-0.3, -0.25) is 0 Å². The van der Waals surface area contributed by atoms with Crippen molar-refractivity contribution in [3.63, 3.8) is 0 Å². The zero-order valence-electron chi connectivity index (χ0n) is 10.5. The number of aliphatic hydroxyl groups excluding tert-OH is 1. The van der Waals surface area contributed by atoms with Gasteiger partial charge in [0.15, 0.2) is 0 Å². The summed E-state index contributed by atoms with van der Waals surface area (Å²) in [5.74, 6) is 0.743. The average Bonchev–Trinajstić information content (AvgIpc) is 1.99. The van der Waals surface area contributed by atoms with E-state index in [-0.39, 0.29) is 0 Å². The Morgan fingerprint density at radius 3 is 1.79 bits per heavy atom. The first-order valence-electron chi connectivity index (χ1n) is 5.66. The van der Waals surface area contributed by atoms with Crippen LogP contribution < -0.4 is 0 Å². The first-order valence-corrected chi connectivity index (χ1v) is 5.66. The Balaban J connectivity index is 0. The topological polar surface area (TPSA) is 40.5 Å². The molecule has 0 aliphatic carbocycles. The van der Waals surface area contributed by atoms with Gasteiger partial charge in [0.05, 0.1) is 5.60 Å². The Morgan fingerprint density at radius 2 is 1.71 bits per heavy atom. The minimum Gasteiger partial charge on any atom is -0.396 e. The molecule has 0 saturated carbocycles. The summed E-state index contributed by atoms with van der Waals surface area (Å²) in [4.78, 5) is 0. The molecule has 0 heterocycles. The maximum absolute atomic E-state index is 9.02. The van der Waals surface area contributed by atoms with E-state index in [1.165, 1.54) is 0 Å².